The Kier molecular flexibility index (Phi) is 6.27. The molecule has 0 unspecified atom stereocenters. The molecule has 0 bridgehead atoms. The zero-order chi connectivity index (χ0) is 19.9. The number of rotatable bonds is 7. The summed E-state index contributed by atoms with van der Waals surface area (Å²) in [7, 11) is 0. The van der Waals surface area contributed by atoms with Gasteiger partial charge in [-0.25, -0.2) is 4.79 Å². The summed E-state index contributed by atoms with van der Waals surface area (Å²) >= 11 is 0. The molecular weight excluding hydrogens is 354 g/mol. The molecule has 28 heavy (non-hydrogen) atoms. The summed E-state index contributed by atoms with van der Waals surface area (Å²) in [4.78, 5) is 26.1. The van der Waals surface area contributed by atoms with Gasteiger partial charge in [0.2, 0.25) is 0 Å². The van der Waals surface area contributed by atoms with Gasteiger partial charge in [0.05, 0.1) is 0 Å². The number of nitrogens with zero attached hydrogens (tertiary/aromatic N) is 1. The molecular formula is C23H23NO4. The third kappa shape index (κ3) is 4.88. The molecule has 0 fully saturated rings. The Morgan fingerprint density at radius 3 is 2.25 bits per heavy atom. The first-order valence-corrected chi connectivity index (χ1v) is 9.19. The van der Waals surface area contributed by atoms with Gasteiger partial charge in [-0.3, -0.25) is 4.79 Å². The summed E-state index contributed by atoms with van der Waals surface area (Å²) in [5.74, 6) is -0.284. The Hall–Kier alpha value is -3.34. The number of fused-ring (bicyclic) bond motifs is 1. The molecule has 3 rings (SSSR count). The van der Waals surface area contributed by atoms with Crippen molar-refractivity contribution in [3.8, 4) is 5.75 Å². The van der Waals surface area contributed by atoms with E-state index in [1.165, 1.54) is 0 Å². The van der Waals surface area contributed by atoms with E-state index in [0.29, 0.717) is 5.75 Å². The number of esters is 1. The fraction of sp³-hybridized carbons (Fsp3) is 0.217. The van der Waals surface area contributed by atoms with Crippen LogP contribution in [0.4, 0.5) is 5.69 Å². The second-order valence-corrected chi connectivity index (χ2v) is 6.65. The molecule has 0 saturated carbocycles. The number of hydrogen-bond acceptors (Lipinski definition) is 4. The minimum absolute atomic E-state index is 0.0533. The molecule has 0 radical (unpaired) electrons. The van der Waals surface area contributed by atoms with Crippen LogP contribution in [0.2, 0.25) is 0 Å². The van der Waals surface area contributed by atoms with E-state index in [0.717, 1.165) is 16.5 Å². The lowest BCUT2D eigenvalue weighted by Crippen LogP contribution is -2.40. The maximum atomic E-state index is 12.5. The minimum Gasteiger partial charge on any atom is -0.482 e. The van der Waals surface area contributed by atoms with E-state index in [1.807, 2.05) is 80.6 Å². The summed E-state index contributed by atoms with van der Waals surface area (Å²) in [6.45, 7) is 3.25. The third-order valence-electron chi connectivity index (χ3n) is 4.25. The van der Waals surface area contributed by atoms with Crippen LogP contribution in [0.1, 0.15) is 13.8 Å². The normalized spacial score (nSPS) is 10.7. The molecule has 3 aromatic carbocycles. The number of anilines is 1. The zero-order valence-electron chi connectivity index (χ0n) is 16.0. The van der Waals surface area contributed by atoms with Crippen molar-refractivity contribution in [3.63, 3.8) is 0 Å². The quantitative estimate of drug-likeness (QED) is 0.579. The molecule has 0 aliphatic heterocycles. The lowest BCUT2D eigenvalue weighted by atomic mass is 10.1. The molecule has 0 heterocycles. The van der Waals surface area contributed by atoms with Crippen LogP contribution in [-0.4, -0.2) is 31.1 Å². The molecule has 0 saturated heterocycles. The van der Waals surface area contributed by atoms with Crippen molar-refractivity contribution in [3.05, 3.63) is 72.8 Å². The van der Waals surface area contributed by atoms with Gasteiger partial charge in [-0.1, -0.05) is 48.5 Å². The number of benzene rings is 3. The van der Waals surface area contributed by atoms with Gasteiger partial charge in [-0.15, -0.1) is 0 Å². The van der Waals surface area contributed by atoms with Crippen LogP contribution in [0.5, 0.6) is 5.75 Å². The van der Waals surface area contributed by atoms with E-state index in [9.17, 15) is 9.59 Å². The second kappa shape index (κ2) is 9.04. The van der Waals surface area contributed by atoms with E-state index < -0.39 is 5.97 Å². The number of carbonyl (C=O) groups excluding carboxylic acids is 2. The second-order valence-electron chi connectivity index (χ2n) is 6.65. The van der Waals surface area contributed by atoms with Gasteiger partial charge in [-0.05, 0) is 48.9 Å². The van der Waals surface area contributed by atoms with Crippen molar-refractivity contribution in [1.82, 2.24) is 0 Å². The highest BCUT2D eigenvalue weighted by Gasteiger charge is 2.20. The number of hydrogen-bond donors (Lipinski definition) is 0. The number of amides is 1. The van der Waals surface area contributed by atoms with Crippen LogP contribution >= 0.6 is 0 Å². The van der Waals surface area contributed by atoms with Crippen LogP contribution in [0.15, 0.2) is 72.8 Å². The van der Waals surface area contributed by atoms with Crippen LogP contribution in [0.3, 0.4) is 0 Å². The Morgan fingerprint density at radius 1 is 0.857 bits per heavy atom. The highest BCUT2D eigenvalue weighted by atomic mass is 16.6. The Labute approximate surface area is 164 Å². The fourth-order valence-corrected chi connectivity index (χ4v) is 2.97. The minimum atomic E-state index is -0.585. The van der Waals surface area contributed by atoms with Crippen molar-refractivity contribution >= 4 is 28.3 Å². The van der Waals surface area contributed by atoms with Gasteiger partial charge in [0, 0.05) is 11.7 Å². The summed E-state index contributed by atoms with van der Waals surface area (Å²) in [5, 5.41) is 2.12. The fourth-order valence-electron chi connectivity index (χ4n) is 2.97. The maximum Gasteiger partial charge on any atom is 0.344 e. The first-order valence-electron chi connectivity index (χ1n) is 9.19. The van der Waals surface area contributed by atoms with E-state index >= 15 is 0 Å². The van der Waals surface area contributed by atoms with E-state index in [-0.39, 0.29) is 25.2 Å². The summed E-state index contributed by atoms with van der Waals surface area (Å²) in [5.41, 5.74) is 0.769. The lowest BCUT2D eigenvalue weighted by Gasteiger charge is -2.26. The SMILES string of the molecule is CC(C)N(C(=O)COC(=O)COc1ccc2ccccc2c1)c1ccccc1. The highest BCUT2D eigenvalue weighted by Crippen LogP contribution is 2.20. The number of ether oxygens (including phenoxy) is 2. The van der Waals surface area contributed by atoms with Crippen LogP contribution in [-0.2, 0) is 14.3 Å². The van der Waals surface area contributed by atoms with E-state index in [1.54, 1.807) is 11.0 Å². The molecule has 0 aliphatic rings. The average molecular weight is 377 g/mol. The van der Waals surface area contributed by atoms with E-state index in [2.05, 4.69) is 0 Å². The standard InChI is InChI=1S/C23H23NO4/c1-17(2)24(20-10-4-3-5-11-20)22(25)15-28-23(26)16-27-21-13-12-18-8-6-7-9-19(18)14-21/h3-14,17H,15-16H2,1-2H3. The first-order chi connectivity index (χ1) is 13.5. The molecule has 1 amide bonds. The molecule has 5 heteroatoms. The molecule has 0 aromatic heterocycles. The topological polar surface area (TPSA) is 55.8 Å². The Bertz CT molecular complexity index is 953. The lowest BCUT2D eigenvalue weighted by molar-refractivity contribution is -0.149. The largest absolute Gasteiger partial charge is 0.482 e. The third-order valence-corrected chi connectivity index (χ3v) is 4.25. The van der Waals surface area contributed by atoms with Gasteiger partial charge in [0.15, 0.2) is 13.2 Å². The molecule has 5 nitrogen and oxygen atoms in total. The molecule has 144 valence electrons. The van der Waals surface area contributed by atoms with Crippen LogP contribution in [0, 0.1) is 0 Å². The Balaban J connectivity index is 1.53. The smallest absolute Gasteiger partial charge is 0.344 e. The van der Waals surface area contributed by atoms with Crippen molar-refractivity contribution in [1.29, 1.82) is 0 Å². The number of para-hydroxylation sites is 1. The monoisotopic (exact) mass is 377 g/mol. The molecule has 0 N–H and O–H groups in total. The predicted molar refractivity (Wildman–Crippen MR) is 109 cm³/mol. The molecule has 3 aromatic rings. The van der Waals surface area contributed by atoms with Crippen molar-refractivity contribution < 1.29 is 19.1 Å². The Morgan fingerprint density at radius 2 is 1.54 bits per heavy atom. The van der Waals surface area contributed by atoms with Crippen LogP contribution in [0.25, 0.3) is 10.8 Å². The maximum absolute atomic E-state index is 12.5. The molecule has 0 atom stereocenters. The van der Waals surface area contributed by atoms with Gasteiger partial charge in [0.25, 0.3) is 5.91 Å². The van der Waals surface area contributed by atoms with Gasteiger partial charge in [-0.2, -0.15) is 0 Å². The van der Waals surface area contributed by atoms with Crippen LogP contribution < -0.4 is 9.64 Å². The van der Waals surface area contributed by atoms with Gasteiger partial charge in [0.1, 0.15) is 5.75 Å². The predicted octanol–water partition coefficient (Wildman–Crippen LogP) is 4.20. The molecule has 0 spiro atoms. The summed E-state index contributed by atoms with van der Waals surface area (Å²) < 4.78 is 10.6. The summed E-state index contributed by atoms with van der Waals surface area (Å²) in [6, 6.07) is 22.7. The number of carbonyl (C=O) groups is 2. The zero-order valence-corrected chi connectivity index (χ0v) is 16.0. The van der Waals surface area contributed by atoms with E-state index in [4.69, 9.17) is 9.47 Å². The van der Waals surface area contributed by atoms with Gasteiger partial charge < -0.3 is 14.4 Å². The average Bonchev–Trinajstić information content (AvgIpc) is 2.71. The van der Waals surface area contributed by atoms with Crippen molar-refractivity contribution in [2.24, 2.45) is 0 Å². The summed E-state index contributed by atoms with van der Waals surface area (Å²) in [6.07, 6.45) is 0. The first kappa shape index (κ1) is 19.4. The van der Waals surface area contributed by atoms with Gasteiger partial charge >= 0.3 is 5.97 Å². The van der Waals surface area contributed by atoms with Crippen molar-refractivity contribution in [2.75, 3.05) is 18.1 Å². The highest BCUT2D eigenvalue weighted by molar-refractivity contribution is 5.95. The van der Waals surface area contributed by atoms with Crippen molar-refractivity contribution in [2.45, 2.75) is 19.9 Å². The molecule has 0 aliphatic carbocycles.